The van der Waals surface area contributed by atoms with E-state index in [1.165, 1.54) is 13.2 Å². The second-order valence-electron chi connectivity index (χ2n) is 4.59. The van der Waals surface area contributed by atoms with Gasteiger partial charge in [-0.3, -0.25) is 4.99 Å². The summed E-state index contributed by atoms with van der Waals surface area (Å²) in [4.78, 5) is 15.8. The zero-order valence-electron chi connectivity index (χ0n) is 11.1. The number of benzene rings is 1. The van der Waals surface area contributed by atoms with E-state index in [4.69, 9.17) is 4.42 Å². The van der Waals surface area contributed by atoms with Crippen LogP contribution in [-0.4, -0.2) is 19.1 Å². The third-order valence-electron chi connectivity index (χ3n) is 3.23. The number of halogens is 2. The average molecular weight is 352 g/mol. The molecule has 0 spiro atoms. The van der Waals surface area contributed by atoms with Crippen molar-refractivity contribution in [2.45, 2.75) is 12.5 Å². The number of hydrogen-bond donors (Lipinski definition) is 0. The van der Waals surface area contributed by atoms with Gasteiger partial charge in [-0.1, -0.05) is 15.9 Å². The standard InChI is InChI=1S/C15H11BrFNO3/c1-20-15(19)11-4-5-13-12(18-11)7-14(21-13)9-3-2-8(16)6-10(9)17/h2-3,5-7,11H,4H2,1H3. The maximum absolute atomic E-state index is 14.0. The molecule has 1 aromatic heterocycles. The zero-order valence-corrected chi connectivity index (χ0v) is 12.7. The number of furan rings is 1. The molecular formula is C15H11BrFNO3. The van der Waals surface area contributed by atoms with Crippen LogP contribution in [0.5, 0.6) is 0 Å². The number of fused-ring (bicyclic) bond motifs is 1. The third kappa shape index (κ3) is 2.63. The van der Waals surface area contributed by atoms with Crippen LogP contribution in [-0.2, 0) is 9.53 Å². The van der Waals surface area contributed by atoms with Crippen LogP contribution in [0.2, 0.25) is 0 Å². The number of nitrogens with zero attached hydrogens (tertiary/aromatic N) is 1. The Morgan fingerprint density at radius 3 is 3.00 bits per heavy atom. The molecule has 0 saturated carbocycles. The lowest BCUT2D eigenvalue weighted by atomic mass is 10.1. The van der Waals surface area contributed by atoms with Gasteiger partial charge in [-0.2, -0.15) is 0 Å². The predicted molar refractivity (Wildman–Crippen MR) is 77.5 cm³/mol. The van der Waals surface area contributed by atoms with Gasteiger partial charge in [-0.15, -0.1) is 0 Å². The minimum Gasteiger partial charge on any atom is -0.467 e. The zero-order chi connectivity index (χ0) is 15.0. The Labute approximate surface area is 128 Å². The summed E-state index contributed by atoms with van der Waals surface area (Å²) in [5.41, 5.74) is 0.901. The Bertz CT molecular complexity index is 828. The molecule has 1 atom stereocenters. The molecule has 1 unspecified atom stereocenters. The van der Waals surface area contributed by atoms with E-state index in [0.29, 0.717) is 33.0 Å². The summed E-state index contributed by atoms with van der Waals surface area (Å²) in [5, 5.41) is 0.536. The smallest absolute Gasteiger partial charge is 0.330 e. The summed E-state index contributed by atoms with van der Waals surface area (Å²) >= 11 is 3.21. The minimum absolute atomic E-state index is 0.353. The molecule has 2 heterocycles. The summed E-state index contributed by atoms with van der Waals surface area (Å²) in [5.74, 6) is -0.398. The number of rotatable bonds is 2. The van der Waals surface area contributed by atoms with Gasteiger partial charge in [0.25, 0.3) is 0 Å². The molecule has 0 radical (unpaired) electrons. The van der Waals surface area contributed by atoms with Gasteiger partial charge in [0, 0.05) is 17.0 Å². The molecule has 0 aliphatic carbocycles. The van der Waals surface area contributed by atoms with E-state index in [0.717, 1.165) is 0 Å². The Morgan fingerprint density at radius 2 is 2.29 bits per heavy atom. The van der Waals surface area contributed by atoms with E-state index in [2.05, 4.69) is 25.7 Å². The predicted octanol–water partition coefficient (Wildman–Crippen LogP) is 2.19. The summed E-state index contributed by atoms with van der Waals surface area (Å²) < 4.78 is 24.9. The van der Waals surface area contributed by atoms with Crippen molar-refractivity contribution in [1.82, 2.24) is 0 Å². The quantitative estimate of drug-likeness (QED) is 0.779. The lowest BCUT2D eigenvalue weighted by Gasteiger charge is -2.08. The number of carbonyl (C=O) groups is 1. The first kappa shape index (κ1) is 14.0. The summed E-state index contributed by atoms with van der Waals surface area (Å²) in [6.07, 6.45) is 2.18. The van der Waals surface area contributed by atoms with Gasteiger partial charge in [-0.25, -0.2) is 9.18 Å². The highest BCUT2D eigenvalue weighted by Crippen LogP contribution is 2.24. The molecule has 3 rings (SSSR count). The highest BCUT2D eigenvalue weighted by Gasteiger charge is 2.20. The Hall–Kier alpha value is -1.95. The lowest BCUT2D eigenvalue weighted by Crippen LogP contribution is -2.32. The first-order valence-electron chi connectivity index (χ1n) is 6.29. The number of hydrogen-bond acceptors (Lipinski definition) is 4. The van der Waals surface area contributed by atoms with Gasteiger partial charge in [0.15, 0.2) is 6.04 Å². The van der Waals surface area contributed by atoms with Crippen molar-refractivity contribution in [3.63, 3.8) is 0 Å². The molecule has 1 aliphatic heterocycles. The van der Waals surface area contributed by atoms with Crippen LogP contribution in [0.15, 0.2) is 38.1 Å². The minimum atomic E-state index is -0.567. The van der Waals surface area contributed by atoms with Crippen molar-refractivity contribution in [2.24, 2.45) is 4.99 Å². The first-order valence-corrected chi connectivity index (χ1v) is 7.09. The highest BCUT2D eigenvalue weighted by molar-refractivity contribution is 9.10. The van der Waals surface area contributed by atoms with Crippen LogP contribution in [0.1, 0.15) is 6.42 Å². The molecule has 4 nitrogen and oxygen atoms in total. The maximum atomic E-state index is 14.0. The van der Waals surface area contributed by atoms with Crippen molar-refractivity contribution in [2.75, 3.05) is 7.11 Å². The molecule has 0 saturated heterocycles. The van der Waals surface area contributed by atoms with Crippen molar-refractivity contribution >= 4 is 28.0 Å². The molecular weight excluding hydrogens is 341 g/mol. The first-order chi connectivity index (χ1) is 10.1. The highest BCUT2D eigenvalue weighted by atomic mass is 79.9. The number of ether oxygens (including phenoxy) is 1. The molecule has 1 aromatic carbocycles. The number of carbonyl (C=O) groups excluding carboxylic acids is 1. The average Bonchev–Trinajstić information content (AvgIpc) is 2.88. The van der Waals surface area contributed by atoms with Crippen LogP contribution >= 0.6 is 15.9 Å². The third-order valence-corrected chi connectivity index (χ3v) is 3.72. The van der Waals surface area contributed by atoms with Crippen molar-refractivity contribution in [3.8, 4) is 11.3 Å². The molecule has 0 amide bonds. The van der Waals surface area contributed by atoms with Gasteiger partial charge in [0.1, 0.15) is 22.4 Å². The molecule has 2 aromatic rings. The van der Waals surface area contributed by atoms with Crippen LogP contribution in [0.4, 0.5) is 4.39 Å². The van der Waals surface area contributed by atoms with Gasteiger partial charge >= 0.3 is 5.97 Å². The van der Waals surface area contributed by atoms with E-state index in [-0.39, 0.29) is 5.82 Å². The summed E-state index contributed by atoms with van der Waals surface area (Å²) in [6.45, 7) is 0. The second kappa shape index (κ2) is 5.44. The molecule has 0 N–H and O–H groups in total. The molecule has 1 aliphatic rings. The SMILES string of the molecule is COC(=O)C1CC=c2oc(-c3ccc(Br)cc3F)cc2=N1. The van der Waals surface area contributed by atoms with Crippen LogP contribution in [0, 0.1) is 5.82 Å². The molecule has 6 heteroatoms. The van der Waals surface area contributed by atoms with Gasteiger partial charge < -0.3 is 9.15 Å². The lowest BCUT2D eigenvalue weighted by molar-refractivity contribution is -0.142. The fourth-order valence-electron chi connectivity index (χ4n) is 2.19. The molecule has 21 heavy (non-hydrogen) atoms. The van der Waals surface area contributed by atoms with Crippen molar-refractivity contribution < 1.29 is 18.3 Å². The van der Waals surface area contributed by atoms with Crippen molar-refractivity contribution in [3.05, 3.63) is 45.3 Å². The van der Waals surface area contributed by atoms with Gasteiger partial charge in [0.05, 0.1) is 12.7 Å². The van der Waals surface area contributed by atoms with Crippen LogP contribution < -0.4 is 10.8 Å². The molecule has 108 valence electrons. The van der Waals surface area contributed by atoms with E-state index < -0.39 is 12.0 Å². The monoisotopic (exact) mass is 351 g/mol. The van der Waals surface area contributed by atoms with Crippen LogP contribution in [0.25, 0.3) is 17.4 Å². The van der Waals surface area contributed by atoms with E-state index in [1.54, 1.807) is 24.3 Å². The largest absolute Gasteiger partial charge is 0.467 e. The van der Waals surface area contributed by atoms with Gasteiger partial charge in [0.2, 0.25) is 0 Å². The van der Waals surface area contributed by atoms with Crippen molar-refractivity contribution in [1.29, 1.82) is 0 Å². The Morgan fingerprint density at radius 1 is 1.48 bits per heavy atom. The van der Waals surface area contributed by atoms with E-state index in [9.17, 15) is 9.18 Å². The summed E-state index contributed by atoms with van der Waals surface area (Å²) in [7, 11) is 1.32. The Balaban J connectivity index is 2.06. The number of methoxy groups -OCH3 is 1. The number of esters is 1. The topological polar surface area (TPSA) is 51.8 Å². The maximum Gasteiger partial charge on any atom is 0.330 e. The fraction of sp³-hybridized carbons (Fsp3) is 0.200. The van der Waals surface area contributed by atoms with E-state index in [1.807, 2.05) is 0 Å². The second-order valence-corrected chi connectivity index (χ2v) is 5.51. The van der Waals surface area contributed by atoms with Crippen LogP contribution in [0.3, 0.4) is 0 Å². The summed E-state index contributed by atoms with van der Waals surface area (Å²) in [6, 6.07) is 5.80. The van der Waals surface area contributed by atoms with Gasteiger partial charge in [-0.05, 0) is 24.3 Å². The Kier molecular flexibility index (Phi) is 3.63. The fourth-order valence-corrected chi connectivity index (χ4v) is 2.52. The van der Waals surface area contributed by atoms with E-state index >= 15 is 0 Å². The molecule has 0 fully saturated rings. The normalized spacial score (nSPS) is 16.6. The molecule has 0 bridgehead atoms.